The fraction of sp³-hybridized carbons (Fsp3) is 0.200. The zero-order chi connectivity index (χ0) is 23.1. The minimum Gasteiger partial charge on any atom is -0.508 e. The minimum atomic E-state index is -4.80. The Balaban J connectivity index is 2.22. The molecule has 1 N–H and O–H groups in total. The molecule has 0 saturated heterocycles. The maximum absolute atomic E-state index is 14.3. The Hall–Kier alpha value is -3.61. The molecule has 0 heterocycles. The monoisotopic (exact) mass is 441 g/mol. The molecule has 32 heavy (non-hydrogen) atoms. The Kier molecular flexibility index (Phi) is 7.30. The normalized spacial score (nSPS) is 13.1. The van der Waals surface area contributed by atoms with Crippen LogP contribution in [0.15, 0.2) is 89.9 Å². The fourth-order valence-electron chi connectivity index (χ4n) is 3.37. The predicted molar refractivity (Wildman–Crippen MR) is 116 cm³/mol. The van der Waals surface area contributed by atoms with E-state index in [9.17, 15) is 23.1 Å². The lowest BCUT2D eigenvalue weighted by molar-refractivity contribution is -0.169. The van der Waals surface area contributed by atoms with Crippen LogP contribution in [0, 0.1) is 0 Å². The number of benzene rings is 3. The average Bonchev–Trinajstić information content (AvgIpc) is 2.78. The van der Waals surface area contributed by atoms with Crippen LogP contribution in [-0.2, 0) is 9.53 Å². The van der Waals surface area contributed by atoms with Gasteiger partial charge in [0.2, 0.25) is 0 Å². The number of carbonyl (C=O) groups is 1. The Morgan fingerprint density at radius 2 is 1.41 bits per heavy atom. The second-order valence-electron chi connectivity index (χ2n) is 7.02. The number of aliphatic imine (C=N–C) groups is 1. The quantitative estimate of drug-likeness (QED) is 0.389. The third kappa shape index (κ3) is 5.55. The molecule has 3 aromatic rings. The molecule has 7 heteroatoms. The van der Waals surface area contributed by atoms with Crippen molar-refractivity contribution in [2.45, 2.75) is 25.1 Å². The number of hydrogen-bond donors (Lipinski definition) is 1. The van der Waals surface area contributed by atoms with Gasteiger partial charge in [-0.25, -0.2) is 4.79 Å². The van der Waals surface area contributed by atoms with E-state index in [1.165, 1.54) is 6.92 Å². The minimum absolute atomic E-state index is 0.0863. The molecular formula is C25H22F3NO3. The van der Waals surface area contributed by atoms with E-state index in [0.717, 1.165) is 24.3 Å². The first-order valence-electron chi connectivity index (χ1n) is 10.0. The smallest absolute Gasteiger partial charge is 0.398 e. The highest BCUT2D eigenvalue weighted by molar-refractivity contribution is 6.13. The Labute approximate surface area is 184 Å². The molecule has 0 aliphatic carbocycles. The molecule has 3 aromatic carbocycles. The van der Waals surface area contributed by atoms with Gasteiger partial charge < -0.3 is 9.84 Å². The summed E-state index contributed by atoms with van der Waals surface area (Å²) in [5.41, 5.74) is 1.19. The van der Waals surface area contributed by atoms with Gasteiger partial charge in [0, 0.05) is 11.1 Å². The highest BCUT2D eigenvalue weighted by Gasteiger charge is 2.49. The molecule has 0 aromatic heterocycles. The van der Waals surface area contributed by atoms with Crippen molar-refractivity contribution in [2.24, 2.45) is 4.99 Å². The first-order chi connectivity index (χ1) is 15.3. The first kappa shape index (κ1) is 23.1. The molecule has 0 amide bonds. The Bertz CT molecular complexity index is 1010. The third-order valence-corrected chi connectivity index (χ3v) is 4.81. The number of esters is 1. The van der Waals surface area contributed by atoms with Crippen LogP contribution in [-0.4, -0.2) is 35.6 Å². The van der Waals surface area contributed by atoms with Gasteiger partial charge in [-0.2, -0.15) is 13.2 Å². The Morgan fingerprint density at radius 3 is 1.84 bits per heavy atom. The van der Waals surface area contributed by atoms with Gasteiger partial charge in [0.1, 0.15) is 11.7 Å². The summed E-state index contributed by atoms with van der Waals surface area (Å²) in [5.74, 6) is -3.52. The van der Waals surface area contributed by atoms with Crippen molar-refractivity contribution in [2.75, 3.05) is 6.61 Å². The molecule has 166 valence electrons. The zero-order valence-corrected chi connectivity index (χ0v) is 17.3. The molecular weight excluding hydrogens is 419 g/mol. The largest absolute Gasteiger partial charge is 0.508 e. The van der Waals surface area contributed by atoms with Crippen molar-refractivity contribution in [3.05, 3.63) is 102 Å². The summed E-state index contributed by atoms with van der Waals surface area (Å²) in [5, 5.41) is 9.52. The topological polar surface area (TPSA) is 58.9 Å². The number of carbonyl (C=O) groups excluding carboxylic acids is 1. The molecule has 0 aliphatic rings. The van der Waals surface area contributed by atoms with Crippen molar-refractivity contribution < 1.29 is 27.8 Å². The SMILES string of the molecule is CCOC(=O)C(N=C(c1ccccc1)c1ccccc1)C(c1ccc(O)cc1)C(F)(F)F. The van der Waals surface area contributed by atoms with Gasteiger partial charge in [0.15, 0.2) is 6.04 Å². The molecule has 0 saturated carbocycles. The van der Waals surface area contributed by atoms with E-state index in [0.29, 0.717) is 11.1 Å². The summed E-state index contributed by atoms with van der Waals surface area (Å²) >= 11 is 0. The van der Waals surface area contributed by atoms with Crippen LogP contribution in [0.2, 0.25) is 0 Å². The van der Waals surface area contributed by atoms with Gasteiger partial charge in [0.05, 0.1) is 12.3 Å². The van der Waals surface area contributed by atoms with Gasteiger partial charge >= 0.3 is 12.1 Å². The Morgan fingerprint density at radius 1 is 0.906 bits per heavy atom. The standard InChI is InChI=1S/C25H22F3NO3/c1-2-32-24(31)23(21(25(26,27)28)17-13-15-20(30)16-14-17)29-22(18-9-5-3-6-10-18)19-11-7-4-8-12-19/h3-16,21,23,30H,2H2,1H3. The summed E-state index contributed by atoms with van der Waals surface area (Å²) in [7, 11) is 0. The molecule has 3 rings (SSSR count). The predicted octanol–water partition coefficient (Wildman–Crippen LogP) is 5.51. The highest BCUT2D eigenvalue weighted by atomic mass is 19.4. The van der Waals surface area contributed by atoms with Crippen LogP contribution in [0.4, 0.5) is 13.2 Å². The number of alkyl halides is 3. The van der Waals surface area contributed by atoms with Crippen molar-refractivity contribution >= 4 is 11.7 Å². The molecule has 0 spiro atoms. The molecule has 2 atom stereocenters. The summed E-state index contributed by atoms with van der Waals surface area (Å²) in [6, 6.07) is 20.1. The number of phenols is 1. The molecule has 4 nitrogen and oxygen atoms in total. The number of ether oxygens (including phenoxy) is 1. The summed E-state index contributed by atoms with van der Waals surface area (Å²) in [6.07, 6.45) is -4.80. The van der Waals surface area contributed by atoms with E-state index >= 15 is 0 Å². The molecule has 0 aliphatic heterocycles. The van der Waals surface area contributed by atoms with E-state index in [-0.39, 0.29) is 23.6 Å². The van der Waals surface area contributed by atoms with E-state index in [4.69, 9.17) is 4.74 Å². The maximum atomic E-state index is 14.3. The van der Waals surface area contributed by atoms with Gasteiger partial charge in [-0.05, 0) is 24.6 Å². The second-order valence-corrected chi connectivity index (χ2v) is 7.02. The van der Waals surface area contributed by atoms with E-state index in [2.05, 4.69) is 4.99 Å². The number of nitrogens with zero attached hydrogens (tertiary/aromatic N) is 1. The summed E-state index contributed by atoms with van der Waals surface area (Å²) in [6.45, 7) is 1.44. The summed E-state index contributed by atoms with van der Waals surface area (Å²) < 4.78 is 47.8. The lowest BCUT2D eigenvalue weighted by atomic mass is 9.90. The highest BCUT2D eigenvalue weighted by Crippen LogP contribution is 2.40. The van der Waals surface area contributed by atoms with Crippen LogP contribution in [0.25, 0.3) is 0 Å². The molecule has 2 unspecified atom stereocenters. The lowest BCUT2D eigenvalue weighted by Crippen LogP contribution is -2.38. The lowest BCUT2D eigenvalue weighted by Gasteiger charge is -2.26. The number of rotatable bonds is 7. The van der Waals surface area contributed by atoms with Gasteiger partial charge in [-0.15, -0.1) is 0 Å². The van der Waals surface area contributed by atoms with Gasteiger partial charge in [0.25, 0.3) is 0 Å². The second kappa shape index (κ2) is 10.1. The first-order valence-corrected chi connectivity index (χ1v) is 10.0. The van der Waals surface area contributed by atoms with Crippen molar-refractivity contribution in [3.63, 3.8) is 0 Å². The molecule has 0 bridgehead atoms. The van der Waals surface area contributed by atoms with Crippen LogP contribution in [0.5, 0.6) is 5.75 Å². The van der Waals surface area contributed by atoms with Gasteiger partial charge in [-0.1, -0.05) is 72.8 Å². The molecule has 0 radical (unpaired) electrons. The van der Waals surface area contributed by atoms with Gasteiger partial charge in [-0.3, -0.25) is 4.99 Å². The molecule has 0 fully saturated rings. The fourth-order valence-corrected chi connectivity index (χ4v) is 3.37. The number of halogens is 3. The number of hydrogen-bond acceptors (Lipinski definition) is 4. The third-order valence-electron chi connectivity index (χ3n) is 4.81. The zero-order valence-electron chi connectivity index (χ0n) is 17.3. The number of phenolic OH excluding ortho intramolecular Hbond substituents is 1. The maximum Gasteiger partial charge on any atom is 0.398 e. The van der Waals surface area contributed by atoms with Crippen molar-refractivity contribution in [1.82, 2.24) is 0 Å². The van der Waals surface area contributed by atoms with Crippen molar-refractivity contribution in [1.29, 1.82) is 0 Å². The van der Waals surface area contributed by atoms with Crippen molar-refractivity contribution in [3.8, 4) is 5.75 Å². The number of aromatic hydroxyl groups is 1. The van der Waals surface area contributed by atoms with E-state index in [1.54, 1.807) is 60.7 Å². The van der Waals surface area contributed by atoms with E-state index in [1.807, 2.05) is 0 Å². The van der Waals surface area contributed by atoms with Crippen LogP contribution < -0.4 is 0 Å². The van der Waals surface area contributed by atoms with E-state index < -0.39 is 24.1 Å². The van der Waals surface area contributed by atoms with Crippen LogP contribution >= 0.6 is 0 Å². The van der Waals surface area contributed by atoms with Crippen LogP contribution in [0.3, 0.4) is 0 Å². The van der Waals surface area contributed by atoms with Crippen LogP contribution in [0.1, 0.15) is 29.5 Å². The summed E-state index contributed by atoms with van der Waals surface area (Å²) in [4.78, 5) is 17.2. The average molecular weight is 441 g/mol.